The lowest BCUT2D eigenvalue weighted by atomic mass is 10.1. The maximum absolute atomic E-state index is 11.5. The van der Waals surface area contributed by atoms with Gasteiger partial charge in [-0.2, -0.15) is 0 Å². The summed E-state index contributed by atoms with van der Waals surface area (Å²) in [6.45, 7) is 3.83. The van der Waals surface area contributed by atoms with Gasteiger partial charge in [-0.3, -0.25) is 4.90 Å². The number of likely N-dealkylation sites (tertiary alicyclic amines) is 1. The molecule has 0 unspecified atom stereocenters. The Hall–Kier alpha value is -1.75. The second-order valence-electron chi connectivity index (χ2n) is 4.99. The first-order chi connectivity index (χ1) is 9.70. The molecule has 1 saturated heterocycles. The summed E-state index contributed by atoms with van der Waals surface area (Å²) >= 11 is 0. The Balaban J connectivity index is 1.87. The van der Waals surface area contributed by atoms with Crippen LogP contribution in [-0.4, -0.2) is 44.2 Å². The number of hydrogen-bond acceptors (Lipinski definition) is 5. The Morgan fingerprint density at radius 3 is 2.75 bits per heavy atom. The normalized spacial score (nSPS) is 15.8. The van der Waals surface area contributed by atoms with E-state index in [2.05, 4.69) is 9.64 Å². The number of ether oxygens (including phenoxy) is 2. The Labute approximate surface area is 119 Å². The third-order valence-corrected chi connectivity index (χ3v) is 3.55. The molecule has 1 aromatic carbocycles. The number of esters is 1. The number of nitrogens with zero attached hydrogens (tertiary/aromatic N) is 1. The molecule has 0 spiro atoms. The van der Waals surface area contributed by atoms with E-state index in [4.69, 9.17) is 10.5 Å². The number of anilines is 1. The van der Waals surface area contributed by atoms with Crippen LogP contribution in [0.3, 0.4) is 0 Å². The van der Waals surface area contributed by atoms with Crippen molar-refractivity contribution >= 4 is 11.7 Å². The number of piperidine rings is 1. The summed E-state index contributed by atoms with van der Waals surface area (Å²) in [5.74, 6) is 0.209. The molecule has 2 rings (SSSR count). The molecule has 0 amide bonds. The predicted octanol–water partition coefficient (Wildman–Crippen LogP) is 1.92. The molecule has 5 nitrogen and oxygen atoms in total. The highest BCUT2D eigenvalue weighted by atomic mass is 16.5. The number of rotatable bonds is 5. The van der Waals surface area contributed by atoms with Crippen LogP contribution in [0.4, 0.5) is 5.69 Å². The highest BCUT2D eigenvalue weighted by Crippen LogP contribution is 2.20. The Kier molecular flexibility index (Phi) is 5.24. The predicted molar refractivity (Wildman–Crippen MR) is 78.0 cm³/mol. The first-order valence-electron chi connectivity index (χ1n) is 7.03. The maximum atomic E-state index is 11.5. The molecule has 0 bridgehead atoms. The molecule has 20 heavy (non-hydrogen) atoms. The van der Waals surface area contributed by atoms with Crippen molar-refractivity contribution in [1.29, 1.82) is 0 Å². The van der Waals surface area contributed by atoms with Crippen LogP contribution in [0.5, 0.6) is 5.75 Å². The smallest absolute Gasteiger partial charge is 0.340 e. The van der Waals surface area contributed by atoms with E-state index in [1.807, 2.05) is 0 Å². The molecular weight excluding hydrogens is 256 g/mol. The summed E-state index contributed by atoms with van der Waals surface area (Å²) in [5.41, 5.74) is 6.50. The van der Waals surface area contributed by atoms with Gasteiger partial charge in [0.05, 0.1) is 12.7 Å². The average molecular weight is 278 g/mol. The van der Waals surface area contributed by atoms with Crippen molar-refractivity contribution in [2.45, 2.75) is 19.3 Å². The molecular formula is C15H22N2O3. The summed E-state index contributed by atoms with van der Waals surface area (Å²) in [6.07, 6.45) is 3.88. The average Bonchev–Trinajstić information content (AvgIpc) is 2.49. The van der Waals surface area contributed by atoms with Crippen LogP contribution in [0.25, 0.3) is 0 Å². The van der Waals surface area contributed by atoms with Crippen LogP contribution in [0, 0.1) is 0 Å². The Morgan fingerprint density at radius 2 is 2.05 bits per heavy atom. The van der Waals surface area contributed by atoms with Gasteiger partial charge in [0.1, 0.15) is 12.4 Å². The number of hydrogen-bond donors (Lipinski definition) is 1. The van der Waals surface area contributed by atoms with Gasteiger partial charge in [-0.1, -0.05) is 6.42 Å². The van der Waals surface area contributed by atoms with Crippen molar-refractivity contribution in [3.8, 4) is 5.75 Å². The fourth-order valence-corrected chi connectivity index (χ4v) is 2.39. The zero-order valence-electron chi connectivity index (χ0n) is 11.9. The van der Waals surface area contributed by atoms with Gasteiger partial charge in [0.15, 0.2) is 0 Å². The van der Waals surface area contributed by atoms with Crippen LogP contribution in [-0.2, 0) is 4.74 Å². The van der Waals surface area contributed by atoms with Gasteiger partial charge >= 0.3 is 5.97 Å². The molecule has 0 aliphatic carbocycles. The van der Waals surface area contributed by atoms with E-state index in [1.165, 1.54) is 26.4 Å². The molecule has 110 valence electrons. The maximum Gasteiger partial charge on any atom is 0.340 e. The minimum absolute atomic E-state index is 0.350. The molecule has 0 radical (unpaired) electrons. The Bertz CT molecular complexity index is 456. The first-order valence-corrected chi connectivity index (χ1v) is 7.03. The van der Waals surface area contributed by atoms with Crippen molar-refractivity contribution in [1.82, 2.24) is 4.90 Å². The highest BCUT2D eigenvalue weighted by Gasteiger charge is 2.12. The van der Waals surface area contributed by atoms with Gasteiger partial charge in [0.25, 0.3) is 0 Å². The molecule has 1 fully saturated rings. The largest absolute Gasteiger partial charge is 0.492 e. The summed E-state index contributed by atoms with van der Waals surface area (Å²) in [7, 11) is 1.34. The summed E-state index contributed by atoms with van der Waals surface area (Å²) < 4.78 is 10.4. The molecule has 1 aromatic rings. The molecule has 0 atom stereocenters. The fraction of sp³-hybridized carbons (Fsp3) is 0.533. The number of benzene rings is 1. The third-order valence-electron chi connectivity index (χ3n) is 3.55. The van der Waals surface area contributed by atoms with Crippen molar-refractivity contribution in [2.75, 3.05) is 39.1 Å². The highest BCUT2D eigenvalue weighted by molar-refractivity contribution is 5.95. The SMILES string of the molecule is COC(=O)c1cc(OCCN2CCCCC2)ccc1N. The topological polar surface area (TPSA) is 64.8 Å². The van der Waals surface area contributed by atoms with Gasteiger partial charge in [0.2, 0.25) is 0 Å². The summed E-state index contributed by atoms with van der Waals surface area (Å²) in [4.78, 5) is 13.9. The van der Waals surface area contributed by atoms with E-state index < -0.39 is 5.97 Å². The van der Waals surface area contributed by atoms with E-state index in [0.717, 1.165) is 19.6 Å². The lowest BCUT2D eigenvalue weighted by Gasteiger charge is -2.26. The van der Waals surface area contributed by atoms with E-state index in [-0.39, 0.29) is 0 Å². The number of nitrogens with two attached hydrogens (primary N) is 1. The van der Waals surface area contributed by atoms with E-state index in [9.17, 15) is 4.79 Å². The van der Waals surface area contributed by atoms with E-state index >= 15 is 0 Å². The molecule has 0 aromatic heterocycles. The van der Waals surface area contributed by atoms with Crippen LogP contribution in [0.1, 0.15) is 29.6 Å². The van der Waals surface area contributed by atoms with Crippen LogP contribution >= 0.6 is 0 Å². The van der Waals surface area contributed by atoms with Gasteiger partial charge in [0, 0.05) is 12.2 Å². The minimum Gasteiger partial charge on any atom is -0.492 e. The van der Waals surface area contributed by atoms with Gasteiger partial charge < -0.3 is 15.2 Å². The summed E-state index contributed by atoms with van der Waals surface area (Å²) in [6, 6.07) is 5.08. The third kappa shape index (κ3) is 3.87. The van der Waals surface area contributed by atoms with Crippen molar-refractivity contribution in [3.63, 3.8) is 0 Å². The van der Waals surface area contributed by atoms with Gasteiger partial charge in [-0.15, -0.1) is 0 Å². The van der Waals surface area contributed by atoms with Gasteiger partial charge in [-0.05, 0) is 44.1 Å². The van der Waals surface area contributed by atoms with E-state index in [0.29, 0.717) is 23.6 Å². The lowest BCUT2D eigenvalue weighted by molar-refractivity contribution is 0.0601. The lowest BCUT2D eigenvalue weighted by Crippen LogP contribution is -2.33. The van der Waals surface area contributed by atoms with Crippen LogP contribution in [0.2, 0.25) is 0 Å². The second-order valence-corrected chi connectivity index (χ2v) is 4.99. The zero-order chi connectivity index (χ0) is 14.4. The van der Waals surface area contributed by atoms with Crippen LogP contribution in [0.15, 0.2) is 18.2 Å². The van der Waals surface area contributed by atoms with Crippen molar-refractivity contribution in [3.05, 3.63) is 23.8 Å². The molecule has 2 N–H and O–H groups in total. The number of carbonyl (C=O) groups is 1. The number of nitrogen functional groups attached to an aromatic ring is 1. The quantitative estimate of drug-likeness (QED) is 0.658. The molecule has 1 aliphatic heterocycles. The van der Waals surface area contributed by atoms with Crippen LogP contribution < -0.4 is 10.5 Å². The van der Waals surface area contributed by atoms with Crippen molar-refractivity contribution < 1.29 is 14.3 Å². The molecule has 1 heterocycles. The van der Waals surface area contributed by atoms with Gasteiger partial charge in [-0.25, -0.2) is 4.79 Å². The minimum atomic E-state index is -0.441. The Morgan fingerprint density at radius 1 is 1.30 bits per heavy atom. The van der Waals surface area contributed by atoms with Crippen molar-refractivity contribution in [2.24, 2.45) is 0 Å². The standard InChI is InChI=1S/C15H22N2O3/c1-19-15(18)13-11-12(5-6-14(13)16)20-10-9-17-7-3-2-4-8-17/h5-6,11H,2-4,7-10,16H2,1H3. The molecule has 0 saturated carbocycles. The molecule has 5 heteroatoms. The van der Waals surface area contributed by atoms with E-state index in [1.54, 1.807) is 18.2 Å². The monoisotopic (exact) mass is 278 g/mol. The second kappa shape index (κ2) is 7.14. The summed E-state index contributed by atoms with van der Waals surface area (Å²) in [5, 5.41) is 0. The fourth-order valence-electron chi connectivity index (χ4n) is 2.39. The zero-order valence-corrected chi connectivity index (χ0v) is 11.9. The number of carbonyl (C=O) groups excluding carboxylic acids is 1. The molecule has 1 aliphatic rings. The first kappa shape index (κ1) is 14.7. The number of methoxy groups -OCH3 is 1.